The van der Waals surface area contributed by atoms with E-state index >= 15 is 0 Å². The fourth-order valence-electron chi connectivity index (χ4n) is 3.10. The number of aliphatic imine (C=N–C) groups is 1. The van der Waals surface area contributed by atoms with Crippen molar-refractivity contribution in [3.8, 4) is 0 Å². The van der Waals surface area contributed by atoms with E-state index in [4.69, 9.17) is 0 Å². The fourth-order valence-corrected chi connectivity index (χ4v) is 5.11. The zero-order valence-electron chi connectivity index (χ0n) is 13.4. The second-order valence-electron chi connectivity index (χ2n) is 6.10. The standard InChI is InChI=1S/C18H24N2OS2/c21-17(20-15-8-3-1-2-4-9-15)16-10-6-5-7-14(16)13-23-18-19-11-12-22-18/h5-7,10,15H,1-4,8-9,11-13H2,(H,20,21). The molecule has 1 aromatic rings. The maximum atomic E-state index is 12.7. The highest BCUT2D eigenvalue weighted by Gasteiger charge is 2.18. The summed E-state index contributed by atoms with van der Waals surface area (Å²) in [4.78, 5) is 17.2. The predicted octanol–water partition coefficient (Wildman–Crippen LogP) is 4.48. The predicted molar refractivity (Wildman–Crippen MR) is 101 cm³/mol. The van der Waals surface area contributed by atoms with Crippen LogP contribution in [-0.4, -0.2) is 28.6 Å². The Hall–Kier alpha value is -0.940. The Balaban J connectivity index is 1.62. The number of rotatable bonds is 4. The van der Waals surface area contributed by atoms with E-state index in [0.717, 1.165) is 46.4 Å². The zero-order valence-corrected chi connectivity index (χ0v) is 15.1. The fraction of sp³-hybridized carbons (Fsp3) is 0.556. The van der Waals surface area contributed by atoms with Gasteiger partial charge in [0.2, 0.25) is 0 Å². The Morgan fingerprint density at radius 1 is 1.22 bits per heavy atom. The first-order chi connectivity index (χ1) is 11.3. The van der Waals surface area contributed by atoms with Crippen LogP contribution in [0, 0.1) is 0 Å². The Bertz CT molecular complexity index is 566. The summed E-state index contributed by atoms with van der Waals surface area (Å²) in [5, 5.41) is 3.26. The summed E-state index contributed by atoms with van der Waals surface area (Å²) in [6.07, 6.45) is 7.32. The summed E-state index contributed by atoms with van der Waals surface area (Å²) in [5.41, 5.74) is 1.94. The van der Waals surface area contributed by atoms with Gasteiger partial charge in [-0.25, -0.2) is 0 Å². The highest BCUT2D eigenvalue weighted by Crippen LogP contribution is 2.26. The van der Waals surface area contributed by atoms with Crippen molar-refractivity contribution in [2.45, 2.75) is 50.3 Å². The molecule has 1 aliphatic heterocycles. The lowest BCUT2D eigenvalue weighted by atomic mass is 10.1. The molecule has 0 unspecified atom stereocenters. The molecule has 124 valence electrons. The number of nitrogens with one attached hydrogen (secondary N) is 1. The normalized spacial score (nSPS) is 19.2. The molecule has 1 heterocycles. The summed E-state index contributed by atoms with van der Waals surface area (Å²) in [5.74, 6) is 2.00. The van der Waals surface area contributed by atoms with Crippen LogP contribution in [0.2, 0.25) is 0 Å². The van der Waals surface area contributed by atoms with Gasteiger partial charge in [0.1, 0.15) is 4.38 Å². The topological polar surface area (TPSA) is 41.5 Å². The molecule has 0 bridgehead atoms. The molecule has 0 saturated heterocycles. The van der Waals surface area contributed by atoms with Crippen molar-refractivity contribution < 1.29 is 4.79 Å². The molecule has 3 nitrogen and oxygen atoms in total. The van der Waals surface area contributed by atoms with Gasteiger partial charge in [-0.3, -0.25) is 9.79 Å². The van der Waals surface area contributed by atoms with E-state index in [2.05, 4.69) is 16.4 Å². The van der Waals surface area contributed by atoms with Crippen LogP contribution in [0.25, 0.3) is 0 Å². The lowest BCUT2D eigenvalue weighted by molar-refractivity contribution is 0.0932. The van der Waals surface area contributed by atoms with Crippen LogP contribution in [0.15, 0.2) is 29.3 Å². The van der Waals surface area contributed by atoms with Crippen molar-refractivity contribution in [1.29, 1.82) is 0 Å². The van der Waals surface area contributed by atoms with E-state index in [1.165, 1.54) is 25.7 Å². The molecular weight excluding hydrogens is 324 g/mol. The second-order valence-corrected chi connectivity index (χ2v) is 8.41. The average Bonchev–Trinajstić information content (AvgIpc) is 2.97. The Labute approximate surface area is 147 Å². The van der Waals surface area contributed by atoms with Gasteiger partial charge >= 0.3 is 0 Å². The first-order valence-corrected chi connectivity index (χ1v) is 10.5. The average molecular weight is 349 g/mol. The van der Waals surface area contributed by atoms with E-state index in [-0.39, 0.29) is 5.91 Å². The Morgan fingerprint density at radius 3 is 2.74 bits per heavy atom. The number of thioether (sulfide) groups is 2. The van der Waals surface area contributed by atoms with Gasteiger partial charge in [0, 0.05) is 23.1 Å². The van der Waals surface area contributed by atoms with Gasteiger partial charge in [-0.2, -0.15) is 0 Å². The second kappa shape index (κ2) is 8.78. The zero-order chi connectivity index (χ0) is 15.9. The van der Waals surface area contributed by atoms with Gasteiger partial charge in [0.05, 0.1) is 6.54 Å². The highest BCUT2D eigenvalue weighted by atomic mass is 32.2. The minimum atomic E-state index is 0.0918. The summed E-state index contributed by atoms with van der Waals surface area (Å²) < 4.78 is 1.16. The van der Waals surface area contributed by atoms with Crippen molar-refractivity contribution >= 4 is 33.8 Å². The smallest absolute Gasteiger partial charge is 0.251 e. The van der Waals surface area contributed by atoms with E-state index in [9.17, 15) is 4.79 Å². The van der Waals surface area contributed by atoms with Crippen LogP contribution in [0.1, 0.15) is 54.4 Å². The molecule has 0 spiro atoms. The van der Waals surface area contributed by atoms with E-state index in [0.29, 0.717) is 6.04 Å². The molecule has 0 radical (unpaired) electrons. The molecule has 0 aromatic heterocycles. The van der Waals surface area contributed by atoms with E-state index in [1.807, 2.05) is 30.0 Å². The molecular formula is C18H24N2OS2. The van der Waals surface area contributed by atoms with Gasteiger partial charge in [-0.05, 0) is 24.5 Å². The summed E-state index contributed by atoms with van der Waals surface area (Å²) in [6, 6.07) is 8.33. The largest absolute Gasteiger partial charge is 0.349 e. The number of carbonyl (C=O) groups is 1. The van der Waals surface area contributed by atoms with Gasteiger partial charge in [-0.1, -0.05) is 67.4 Å². The maximum absolute atomic E-state index is 12.7. The molecule has 1 amide bonds. The van der Waals surface area contributed by atoms with Crippen LogP contribution in [-0.2, 0) is 5.75 Å². The van der Waals surface area contributed by atoms with Crippen molar-refractivity contribution in [3.05, 3.63) is 35.4 Å². The molecule has 0 atom stereocenters. The van der Waals surface area contributed by atoms with E-state index < -0.39 is 0 Å². The van der Waals surface area contributed by atoms with Crippen LogP contribution in [0.4, 0.5) is 0 Å². The van der Waals surface area contributed by atoms with Gasteiger partial charge in [0.25, 0.3) is 5.91 Å². The lowest BCUT2D eigenvalue weighted by Gasteiger charge is -2.17. The number of amides is 1. The first kappa shape index (κ1) is 16.9. The van der Waals surface area contributed by atoms with Crippen molar-refractivity contribution in [3.63, 3.8) is 0 Å². The highest BCUT2D eigenvalue weighted by molar-refractivity contribution is 8.38. The minimum absolute atomic E-state index is 0.0918. The first-order valence-electron chi connectivity index (χ1n) is 8.52. The molecule has 5 heteroatoms. The summed E-state index contributed by atoms with van der Waals surface area (Å²) >= 11 is 3.57. The molecule has 1 fully saturated rings. The minimum Gasteiger partial charge on any atom is -0.349 e. The number of hydrogen-bond donors (Lipinski definition) is 1. The SMILES string of the molecule is O=C(NC1CCCCCC1)c1ccccc1CSC1=NCCS1. The van der Waals surface area contributed by atoms with Gasteiger partial charge < -0.3 is 5.32 Å². The number of nitrogens with zero attached hydrogens (tertiary/aromatic N) is 1. The Morgan fingerprint density at radius 2 is 2.00 bits per heavy atom. The number of carbonyl (C=O) groups excluding carboxylic acids is 1. The van der Waals surface area contributed by atoms with Crippen LogP contribution in [0.3, 0.4) is 0 Å². The quantitative estimate of drug-likeness (QED) is 0.816. The monoisotopic (exact) mass is 348 g/mol. The van der Waals surface area contributed by atoms with Crippen LogP contribution < -0.4 is 5.32 Å². The summed E-state index contributed by atoms with van der Waals surface area (Å²) in [6.45, 7) is 0.927. The lowest BCUT2D eigenvalue weighted by Crippen LogP contribution is -2.34. The van der Waals surface area contributed by atoms with Crippen molar-refractivity contribution in [2.24, 2.45) is 4.99 Å². The molecule has 1 aromatic carbocycles. The molecule has 1 aliphatic carbocycles. The molecule has 1 saturated carbocycles. The Kier molecular flexibility index (Phi) is 6.46. The third-order valence-corrected chi connectivity index (χ3v) is 6.66. The molecule has 1 N–H and O–H groups in total. The molecule has 2 aliphatic rings. The maximum Gasteiger partial charge on any atom is 0.251 e. The van der Waals surface area contributed by atoms with Gasteiger partial charge in [-0.15, -0.1) is 0 Å². The molecule has 3 rings (SSSR count). The molecule has 23 heavy (non-hydrogen) atoms. The van der Waals surface area contributed by atoms with Gasteiger partial charge in [0.15, 0.2) is 0 Å². The third-order valence-electron chi connectivity index (χ3n) is 4.36. The number of hydrogen-bond acceptors (Lipinski definition) is 4. The van der Waals surface area contributed by atoms with E-state index in [1.54, 1.807) is 11.8 Å². The third kappa shape index (κ3) is 5.01. The van der Waals surface area contributed by atoms with Crippen LogP contribution in [0.5, 0.6) is 0 Å². The van der Waals surface area contributed by atoms with Crippen molar-refractivity contribution in [1.82, 2.24) is 5.32 Å². The van der Waals surface area contributed by atoms with Crippen LogP contribution >= 0.6 is 23.5 Å². The van der Waals surface area contributed by atoms with Crippen molar-refractivity contribution in [2.75, 3.05) is 12.3 Å². The summed E-state index contributed by atoms with van der Waals surface area (Å²) in [7, 11) is 0. The number of benzene rings is 1.